The summed E-state index contributed by atoms with van der Waals surface area (Å²) >= 11 is 8.88. The molecule has 1 aromatic rings. The largest absolute Gasteiger partial charge is 0.309 e. The van der Waals surface area contributed by atoms with Crippen molar-refractivity contribution in [1.29, 1.82) is 0 Å². The van der Waals surface area contributed by atoms with E-state index in [1.54, 1.807) is 11.3 Å². The van der Waals surface area contributed by atoms with Crippen LogP contribution in [0, 0.1) is 0 Å². The van der Waals surface area contributed by atoms with Gasteiger partial charge in [-0.3, -0.25) is 0 Å². The van der Waals surface area contributed by atoms with Gasteiger partial charge in [0.15, 0.2) is 0 Å². The van der Waals surface area contributed by atoms with Crippen LogP contribution in [-0.2, 0) is 6.54 Å². The number of nitrogens with one attached hydrogen (secondary N) is 1. The average molecular weight is 383 g/mol. The lowest BCUT2D eigenvalue weighted by molar-refractivity contribution is 0.435. The minimum atomic E-state index is 0.680. The van der Waals surface area contributed by atoms with E-state index in [-0.39, 0.29) is 0 Å². The molecule has 1 rings (SSSR count). The molecule has 0 fully saturated rings. The molecule has 4 heteroatoms. The smallest absolute Gasteiger partial charge is 0.0843 e. The predicted molar refractivity (Wildman–Crippen MR) is 84.8 cm³/mol. The van der Waals surface area contributed by atoms with Gasteiger partial charge >= 0.3 is 0 Å². The summed E-state index contributed by atoms with van der Waals surface area (Å²) in [6.07, 6.45) is 6.47. The van der Waals surface area contributed by atoms with E-state index in [2.05, 4.69) is 57.1 Å². The van der Waals surface area contributed by atoms with Crippen molar-refractivity contribution in [2.45, 2.75) is 58.5 Å². The predicted octanol–water partition coefficient (Wildman–Crippen LogP) is 5.72. The molecule has 17 heavy (non-hydrogen) atoms. The van der Waals surface area contributed by atoms with Crippen LogP contribution in [0.2, 0.25) is 0 Å². The first-order chi connectivity index (χ1) is 8.17. The third-order valence-electron chi connectivity index (χ3n) is 2.80. The first-order valence-electron chi connectivity index (χ1n) is 6.34. The highest BCUT2D eigenvalue weighted by Crippen LogP contribution is 2.32. The summed E-state index contributed by atoms with van der Waals surface area (Å²) in [6, 6.07) is 2.88. The van der Waals surface area contributed by atoms with Gasteiger partial charge in [-0.1, -0.05) is 33.1 Å². The molecule has 0 saturated carbocycles. The Kier molecular flexibility index (Phi) is 8.00. The van der Waals surface area contributed by atoms with Gasteiger partial charge in [-0.2, -0.15) is 0 Å². The van der Waals surface area contributed by atoms with Gasteiger partial charge in [0.2, 0.25) is 0 Å². The maximum Gasteiger partial charge on any atom is 0.0843 e. The van der Waals surface area contributed by atoms with E-state index in [4.69, 9.17) is 0 Å². The lowest BCUT2D eigenvalue weighted by Gasteiger charge is -2.17. The van der Waals surface area contributed by atoms with Crippen molar-refractivity contribution in [2.24, 2.45) is 0 Å². The third kappa shape index (κ3) is 5.86. The molecule has 0 amide bonds. The van der Waals surface area contributed by atoms with Crippen molar-refractivity contribution in [1.82, 2.24) is 5.32 Å². The van der Waals surface area contributed by atoms with E-state index in [0.29, 0.717) is 6.04 Å². The Morgan fingerprint density at radius 2 is 2.00 bits per heavy atom. The standard InChI is InChI=1S/C13H21Br2NS/c1-3-5-7-10(6-4-2)16-9-11-8-12(14)13(15)17-11/h8,10,16H,3-7,9H2,1-2H3. The number of hydrogen-bond donors (Lipinski definition) is 1. The molecular weight excluding hydrogens is 362 g/mol. The molecule has 0 saturated heterocycles. The Balaban J connectivity index is 2.39. The Hall–Kier alpha value is 0.620. The minimum absolute atomic E-state index is 0.680. The van der Waals surface area contributed by atoms with Crippen molar-refractivity contribution in [3.05, 3.63) is 19.2 Å². The minimum Gasteiger partial charge on any atom is -0.309 e. The molecule has 1 N–H and O–H groups in total. The maximum atomic E-state index is 3.68. The summed E-state index contributed by atoms with van der Waals surface area (Å²) < 4.78 is 2.36. The summed E-state index contributed by atoms with van der Waals surface area (Å²) in [7, 11) is 0. The first kappa shape index (κ1) is 15.7. The first-order valence-corrected chi connectivity index (χ1v) is 8.74. The zero-order chi connectivity index (χ0) is 12.7. The van der Waals surface area contributed by atoms with E-state index < -0.39 is 0 Å². The molecule has 0 aliphatic rings. The lowest BCUT2D eigenvalue weighted by Crippen LogP contribution is -2.28. The lowest BCUT2D eigenvalue weighted by atomic mass is 10.1. The van der Waals surface area contributed by atoms with Crippen molar-refractivity contribution >= 4 is 43.2 Å². The highest BCUT2D eigenvalue weighted by molar-refractivity contribution is 9.13. The molecule has 1 unspecified atom stereocenters. The van der Waals surface area contributed by atoms with E-state index in [0.717, 1.165) is 6.54 Å². The van der Waals surface area contributed by atoms with Gasteiger partial charge in [-0.05, 0) is 50.8 Å². The van der Waals surface area contributed by atoms with Crippen molar-refractivity contribution in [2.75, 3.05) is 0 Å². The number of unbranched alkanes of at least 4 members (excludes halogenated alkanes) is 1. The SMILES string of the molecule is CCCCC(CCC)NCc1cc(Br)c(Br)s1. The average Bonchev–Trinajstić information content (AvgIpc) is 2.62. The summed E-state index contributed by atoms with van der Waals surface area (Å²) in [6.45, 7) is 5.51. The molecule has 0 aliphatic heterocycles. The quantitative estimate of drug-likeness (QED) is 0.605. The fraction of sp³-hybridized carbons (Fsp3) is 0.692. The van der Waals surface area contributed by atoms with Crippen LogP contribution in [0.3, 0.4) is 0 Å². The molecule has 1 aromatic heterocycles. The molecular formula is C13H21Br2NS. The fourth-order valence-corrected chi connectivity index (χ4v) is 4.00. The van der Waals surface area contributed by atoms with Crippen molar-refractivity contribution in [3.63, 3.8) is 0 Å². The van der Waals surface area contributed by atoms with E-state index >= 15 is 0 Å². The molecule has 1 heterocycles. The molecule has 0 aliphatic carbocycles. The second-order valence-corrected chi connectivity index (χ2v) is 7.65. The molecule has 0 spiro atoms. The summed E-state index contributed by atoms with van der Waals surface area (Å²) in [5.74, 6) is 0. The van der Waals surface area contributed by atoms with Gasteiger partial charge in [0.25, 0.3) is 0 Å². The topological polar surface area (TPSA) is 12.0 Å². The fourth-order valence-electron chi connectivity index (χ4n) is 1.87. The van der Waals surface area contributed by atoms with E-state index in [1.165, 1.54) is 45.2 Å². The van der Waals surface area contributed by atoms with Crippen molar-refractivity contribution in [3.8, 4) is 0 Å². The normalized spacial score (nSPS) is 12.9. The molecule has 0 bridgehead atoms. The molecule has 98 valence electrons. The van der Waals surface area contributed by atoms with Crippen LogP contribution in [0.15, 0.2) is 14.3 Å². The number of thiophene rings is 1. The molecule has 1 atom stereocenters. The van der Waals surface area contributed by atoms with Crippen LogP contribution in [0.4, 0.5) is 0 Å². The Bertz CT molecular complexity index is 306. The Morgan fingerprint density at radius 3 is 2.53 bits per heavy atom. The van der Waals surface area contributed by atoms with Crippen LogP contribution < -0.4 is 5.32 Å². The molecule has 0 radical (unpaired) electrons. The Morgan fingerprint density at radius 1 is 1.24 bits per heavy atom. The van der Waals surface area contributed by atoms with E-state index in [1.807, 2.05) is 0 Å². The second-order valence-electron chi connectivity index (χ2n) is 4.34. The summed E-state index contributed by atoms with van der Waals surface area (Å²) in [4.78, 5) is 1.39. The zero-order valence-corrected chi connectivity index (χ0v) is 14.6. The summed E-state index contributed by atoms with van der Waals surface area (Å²) in [5, 5.41) is 3.68. The van der Waals surface area contributed by atoms with Crippen LogP contribution in [-0.4, -0.2) is 6.04 Å². The van der Waals surface area contributed by atoms with Crippen LogP contribution in [0.1, 0.15) is 50.8 Å². The maximum absolute atomic E-state index is 3.68. The van der Waals surface area contributed by atoms with Crippen LogP contribution >= 0.6 is 43.2 Å². The van der Waals surface area contributed by atoms with Gasteiger partial charge in [-0.25, -0.2) is 0 Å². The Labute approximate surface area is 126 Å². The van der Waals surface area contributed by atoms with Gasteiger partial charge in [0.05, 0.1) is 3.79 Å². The number of rotatable bonds is 8. The van der Waals surface area contributed by atoms with Gasteiger partial charge < -0.3 is 5.32 Å². The van der Waals surface area contributed by atoms with E-state index in [9.17, 15) is 0 Å². The van der Waals surface area contributed by atoms with Gasteiger partial charge in [0, 0.05) is 21.9 Å². The highest BCUT2D eigenvalue weighted by atomic mass is 79.9. The number of halogens is 2. The van der Waals surface area contributed by atoms with Crippen molar-refractivity contribution < 1.29 is 0 Å². The van der Waals surface area contributed by atoms with Gasteiger partial charge in [-0.15, -0.1) is 11.3 Å². The van der Waals surface area contributed by atoms with Crippen LogP contribution in [0.5, 0.6) is 0 Å². The third-order valence-corrected chi connectivity index (χ3v) is 6.06. The second kappa shape index (κ2) is 8.68. The molecule has 1 nitrogen and oxygen atoms in total. The molecule has 0 aromatic carbocycles. The zero-order valence-electron chi connectivity index (χ0n) is 10.6. The monoisotopic (exact) mass is 381 g/mol. The van der Waals surface area contributed by atoms with Gasteiger partial charge in [0.1, 0.15) is 0 Å². The highest BCUT2D eigenvalue weighted by Gasteiger charge is 2.08. The number of hydrogen-bond acceptors (Lipinski definition) is 2. The summed E-state index contributed by atoms with van der Waals surface area (Å²) in [5.41, 5.74) is 0. The van der Waals surface area contributed by atoms with Crippen LogP contribution in [0.25, 0.3) is 0 Å².